The first-order valence-electron chi connectivity index (χ1n) is 17.5. The molecule has 0 heterocycles. The van der Waals surface area contributed by atoms with Crippen LogP contribution < -0.4 is 24.8 Å². The first kappa shape index (κ1) is 36.4. The fraction of sp³-hybridized carbons (Fsp3) is 0.213. The molecular formula is C47H44Cl2Hf. The van der Waals surface area contributed by atoms with E-state index in [1.807, 2.05) is 0 Å². The largest absolute Gasteiger partial charge is 1.00 e. The topological polar surface area (TPSA) is 0 Å². The van der Waals surface area contributed by atoms with Crippen molar-refractivity contribution in [2.75, 3.05) is 0 Å². The van der Waals surface area contributed by atoms with Gasteiger partial charge in [-0.2, -0.15) is 0 Å². The van der Waals surface area contributed by atoms with Crippen molar-refractivity contribution in [3.05, 3.63) is 176 Å². The Bertz CT molecular complexity index is 2190. The normalized spacial score (nSPS) is 13.6. The van der Waals surface area contributed by atoms with E-state index in [4.69, 9.17) is 0 Å². The molecule has 0 aromatic heterocycles. The molecule has 0 atom stereocenters. The third-order valence-corrected chi connectivity index (χ3v) is 22.5. The van der Waals surface area contributed by atoms with Crippen molar-refractivity contribution in [3.8, 4) is 11.1 Å². The van der Waals surface area contributed by atoms with Gasteiger partial charge >= 0.3 is 296 Å². The summed E-state index contributed by atoms with van der Waals surface area (Å²) in [6.07, 6.45) is 8.28. The third kappa shape index (κ3) is 6.36. The van der Waals surface area contributed by atoms with Gasteiger partial charge in [0.15, 0.2) is 0 Å². The van der Waals surface area contributed by atoms with Crippen LogP contribution in [0.5, 0.6) is 0 Å². The summed E-state index contributed by atoms with van der Waals surface area (Å²) in [7, 11) is 0. The van der Waals surface area contributed by atoms with E-state index >= 15 is 0 Å². The second kappa shape index (κ2) is 14.0. The Kier molecular flexibility index (Phi) is 10.2. The maximum Gasteiger partial charge on any atom is -1.00 e. The second-order valence-electron chi connectivity index (χ2n) is 15.7. The van der Waals surface area contributed by atoms with E-state index in [2.05, 4.69) is 181 Å². The van der Waals surface area contributed by atoms with Crippen LogP contribution in [0.4, 0.5) is 0 Å². The molecule has 0 fully saturated rings. The van der Waals surface area contributed by atoms with E-state index in [9.17, 15) is 0 Å². The molecule has 0 spiro atoms. The van der Waals surface area contributed by atoms with Gasteiger partial charge in [-0.15, -0.1) is 0 Å². The summed E-state index contributed by atoms with van der Waals surface area (Å²) in [5.41, 5.74) is 11.8. The zero-order valence-corrected chi connectivity index (χ0v) is 34.9. The fourth-order valence-corrected chi connectivity index (χ4v) is 21.4. The molecule has 0 amide bonds. The van der Waals surface area contributed by atoms with E-state index in [0.717, 1.165) is 6.42 Å². The van der Waals surface area contributed by atoms with Crippen LogP contribution >= 0.6 is 0 Å². The van der Waals surface area contributed by atoms with Crippen LogP contribution in [0.15, 0.2) is 143 Å². The summed E-state index contributed by atoms with van der Waals surface area (Å²) in [4.78, 5) is 0. The zero-order valence-electron chi connectivity index (χ0n) is 29.8. The monoisotopic (exact) mass is 858 g/mol. The van der Waals surface area contributed by atoms with E-state index in [0.29, 0.717) is 3.67 Å². The number of hydrogen-bond donors (Lipinski definition) is 0. The standard InChI is InChI=1S/C21H14.C21H25.C5H5.2ClH.Hf/c1-3-13-20-16(7-1)9-5-11-18(20)15-19-12-6-10-17-8-2-4-14-21(17)19;1-20(2,3)16-9-7-14-11-15-8-10-17(21(4,5)6)13-19(15)18(14)12-16;1-2-4-5-3-1;;;/h1-14H;7-13H,1-6H3;1-3H,4H2;2*1H;/q;;;;;+2/p-2. The minimum atomic E-state index is -3.13. The minimum absolute atomic E-state index is 0. The SMILES string of the molecule is CC(C)(C)c1ccc2c(c1)-c1cc(C(C)(C)C)ccc1[CH]2[Hf+2]([C]1=CC=CC1)=[C](c1cccc2ccccc12)c1cccc2ccccc12.[Cl-].[Cl-]. The Hall–Kier alpha value is -3.36. The molecule has 0 radical (unpaired) electrons. The molecule has 0 unspecified atom stereocenters. The summed E-state index contributed by atoms with van der Waals surface area (Å²) in [5.74, 6) is 0. The van der Waals surface area contributed by atoms with Crippen LogP contribution in [0.3, 0.4) is 0 Å². The van der Waals surface area contributed by atoms with Crippen molar-refractivity contribution in [1.29, 1.82) is 0 Å². The Morgan fingerprint density at radius 2 is 1.02 bits per heavy atom. The van der Waals surface area contributed by atoms with Crippen LogP contribution in [0, 0.1) is 0 Å². The Morgan fingerprint density at radius 3 is 1.46 bits per heavy atom. The molecule has 50 heavy (non-hydrogen) atoms. The van der Waals surface area contributed by atoms with Gasteiger partial charge in [0.1, 0.15) is 0 Å². The fourth-order valence-electron chi connectivity index (χ4n) is 7.95. The van der Waals surface area contributed by atoms with Crippen molar-refractivity contribution >= 4 is 24.8 Å². The van der Waals surface area contributed by atoms with Gasteiger partial charge in [0.25, 0.3) is 0 Å². The van der Waals surface area contributed by atoms with E-state index in [1.165, 1.54) is 66.1 Å². The summed E-state index contributed by atoms with van der Waals surface area (Å²) < 4.78 is 3.72. The van der Waals surface area contributed by atoms with Crippen molar-refractivity contribution in [2.45, 2.75) is 62.5 Å². The molecule has 3 heteroatoms. The number of halogens is 2. The summed E-state index contributed by atoms with van der Waals surface area (Å²) in [6, 6.07) is 47.0. The van der Waals surface area contributed by atoms with Crippen LogP contribution in [-0.2, 0) is 31.8 Å². The quantitative estimate of drug-likeness (QED) is 0.181. The van der Waals surface area contributed by atoms with E-state index in [-0.39, 0.29) is 35.6 Å². The van der Waals surface area contributed by atoms with E-state index in [1.54, 1.807) is 6.58 Å². The van der Waals surface area contributed by atoms with Gasteiger partial charge in [-0.1, -0.05) is 0 Å². The molecule has 6 aromatic carbocycles. The summed E-state index contributed by atoms with van der Waals surface area (Å²) >= 11 is -3.13. The van der Waals surface area contributed by atoms with Crippen molar-refractivity contribution in [2.24, 2.45) is 0 Å². The molecule has 250 valence electrons. The predicted molar refractivity (Wildman–Crippen MR) is 204 cm³/mol. The maximum atomic E-state index is 2.54. The molecule has 0 nitrogen and oxygen atoms in total. The van der Waals surface area contributed by atoms with Crippen molar-refractivity contribution in [1.82, 2.24) is 0 Å². The van der Waals surface area contributed by atoms with Crippen LogP contribution in [-0.4, -0.2) is 3.26 Å². The summed E-state index contributed by atoms with van der Waals surface area (Å²) in [6.45, 7) is 14.1. The van der Waals surface area contributed by atoms with Gasteiger partial charge < -0.3 is 24.8 Å². The Balaban J connectivity index is 0.00000216. The average molecular weight is 858 g/mol. The molecule has 0 saturated heterocycles. The van der Waals surface area contributed by atoms with Gasteiger partial charge in [-0.3, -0.25) is 0 Å². The zero-order chi connectivity index (χ0) is 33.2. The van der Waals surface area contributed by atoms with Gasteiger partial charge in [0, 0.05) is 0 Å². The summed E-state index contributed by atoms with van der Waals surface area (Å²) in [5, 5.41) is 5.35. The Labute approximate surface area is 318 Å². The molecule has 6 aromatic rings. The molecule has 0 aliphatic heterocycles. The number of fused-ring (bicyclic) bond motifs is 5. The molecule has 8 rings (SSSR count). The predicted octanol–water partition coefficient (Wildman–Crippen LogP) is 6.40. The number of allylic oxidation sites excluding steroid dienone is 4. The molecule has 2 aliphatic carbocycles. The van der Waals surface area contributed by atoms with Gasteiger partial charge in [0.05, 0.1) is 0 Å². The van der Waals surface area contributed by atoms with Gasteiger partial charge in [0.2, 0.25) is 0 Å². The Morgan fingerprint density at radius 1 is 0.560 bits per heavy atom. The molecule has 0 saturated carbocycles. The van der Waals surface area contributed by atoms with Crippen molar-refractivity contribution in [3.63, 3.8) is 0 Å². The van der Waals surface area contributed by atoms with Gasteiger partial charge in [-0.25, -0.2) is 0 Å². The first-order valence-corrected chi connectivity index (χ1v) is 23.1. The van der Waals surface area contributed by atoms with Crippen molar-refractivity contribution < 1.29 is 45.8 Å². The third-order valence-electron chi connectivity index (χ3n) is 10.5. The van der Waals surface area contributed by atoms with Crippen LogP contribution in [0.2, 0.25) is 0 Å². The smallest absolute Gasteiger partial charge is 1.00 e. The number of rotatable bonds is 4. The van der Waals surface area contributed by atoms with Crippen LogP contribution in [0.25, 0.3) is 32.7 Å². The van der Waals surface area contributed by atoms with Crippen LogP contribution in [0.1, 0.15) is 85.0 Å². The first-order chi connectivity index (χ1) is 23.1. The minimum Gasteiger partial charge on any atom is -1.00 e. The molecule has 0 N–H and O–H groups in total. The van der Waals surface area contributed by atoms with Gasteiger partial charge in [-0.05, 0) is 0 Å². The van der Waals surface area contributed by atoms with E-state index < -0.39 is 21.0 Å². The molecule has 0 bridgehead atoms. The second-order valence-corrected chi connectivity index (χ2v) is 24.9. The number of benzene rings is 6. The number of hydrogen-bond acceptors (Lipinski definition) is 0. The molecule has 2 aliphatic rings. The molecular weight excluding hydrogens is 814 g/mol. The average Bonchev–Trinajstić information content (AvgIpc) is 3.72. The maximum absolute atomic E-state index is 3.13.